The van der Waals surface area contributed by atoms with Crippen LogP contribution in [0.25, 0.3) is 0 Å². The summed E-state index contributed by atoms with van der Waals surface area (Å²) in [5.74, 6) is -0.850. The lowest BCUT2D eigenvalue weighted by molar-refractivity contribution is -0.117. The van der Waals surface area contributed by atoms with E-state index in [1.807, 2.05) is 18.2 Å². The topological polar surface area (TPSA) is 80.0 Å². The van der Waals surface area contributed by atoms with Gasteiger partial charge in [0.1, 0.15) is 30.3 Å². The minimum absolute atomic E-state index is 0.0136. The molecule has 2 heterocycles. The Morgan fingerprint density at radius 2 is 1.93 bits per heavy atom. The van der Waals surface area contributed by atoms with Gasteiger partial charge in [0.2, 0.25) is 0 Å². The maximum absolute atomic E-state index is 13.5. The van der Waals surface area contributed by atoms with Crippen molar-refractivity contribution in [2.75, 3.05) is 6.54 Å². The zero-order chi connectivity index (χ0) is 20.7. The molecule has 30 heavy (non-hydrogen) atoms. The molecule has 0 bridgehead atoms. The number of allylic oxidation sites excluding steroid dienone is 1. The lowest BCUT2D eigenvalue weighted by Gasteiger charge is -2.36. The highest BCUT2D eigenvalue weighted by Gasteiger charge is 2.42. The van der Waals surface area contributed by atoms with Crippen molar-refractivity contribution in [2.45, 2.75) is 30.8 Å². The van der Waals surface area contributed by atoms with Crippen molar-refractivity contribution in [1.82, 2.24) is 20.1 Å². The number of carbonyl (C=O) groups excluding carboxylic acids is 1. The van der Waals surface area contributed by atoms with Crippen LogP contribution >= 0.6 is 0 Å². The van der Waals surface area contributed by atoms with E-state index in [-0.39, 0.29) is 35.7 Å². The van der Waals surface area contributed by atoms with E-state index in [0.717, 1.165) is 24.1 Å². The number of fused-ring (bicyclic) bond motifs is 1. The quantitative estimate of drug-likeness (QED) is 0.699. The van der Waals surface area contributed by atoms with Crippen molar-refractivity contribution in [3.05, 3.63) is 95.0 Å². The highest BCUT2D eigenvalue weighted by Crippen LogP contribution is 2.45. The molecule has 0 saturated carbocycles. The number of nitrogens with zero attached hydrogens (tertiary/aromatic N) is 3. The largest absolute Gasteiger partial charge is 0.510 e. The molecule has 0 amide bonds. The normalized spacial score (nSPS) is 24.0. The molecular weight excluding hydrogens is 383 g/mol. The Morgan fingerprint density at radius 3 is 2.70 bits per heavy atom. The van der Waals surface area contributed by atoms with Crippen molar-refractivity contribution < 1.29 is 14.3 Å². The van der Waals surface area contributed by atoms with Crippen LogP contribution in [-0.4, -0.2) is 32.2 Å². The summed E-state index contributed by atoms with van der Waals surface area (Å²) in [7, 11) is 0. The number of nitrogens with one attached hydrogen (secondary N) is 1. The molecule has 5 rings (SSSR count). The van der Waals surface area contributed by atoms with Crippen LogP contribution in [0.15, 0.2) is 72.5 Å². The molecule has 3 aromatic rings. The van der Waals surface area contributed by atoms with E-state index < -0.39 is 6.04 Å². The second-order valence-corrected chi connectivity index (χ2v) is 7.74. The molecule has 6 nitrogen and oxygen atoms in total. The SMILES string of the molecule is O=C1C[C@H](c2ccc(F)cc2)[C@H](n2cncn2)C(O)=C1[C@@H]1NCCc2ccccc21. The summed E-state index contributed by atoms with van der Waals surface area (Å²) >= 11 is 0. The van der Waals surface area contributed by atoms with Crippen molar-refractivity contribution in [1.29, 1.82) is 0 Å². The Labute approximate surface area is 173 Å². The molecule has 7 heteroatoms. The van der Waals surface area contributed by atoms with Gasteiger partial charge in [-0.3, -0.25) is 4.79 Å². The van der Waals surface area contributed by atoms with E-state index in [9.17, 15) is 14.3 Å². The van der Waals surface area contributed by atoms with Gasteiger partial charge in [0.25, 0.3) is 0 Å². The van der Waals surface area contributed by atoms with Gasteiger partial charge in [0, 0.05) is 18.9 Å². The maximum atomic E-state index is 13.5. The molecule has 0 radical (unpaired) electrons. The zero-order valence-electron chi connectivity index (χ0n) is 16.2. The molecule has 2 aliphatic rings. The third-order valence-corrected chi connectivity index (χ3v) is 6.06. The Morgan fingerprint density at radius 1 is 1.13 bits per heavy atom. The number of halogens is 1. The fourth-order valence-corrected chi connectivity index (χ4v) is 4.67. The number of carbonyl (C=O) groups is 1. The summed E-state index contributed by atoms with van der Waals surface area (Å²) in [4.78, 5) is 17.3. The number of aliphatic hydroxyl groups excluding tert-OH is 1. The standard InChI is InChI=1S/C23H21FN4O2/c24-16-7-5-15(6-8-16)18-11-19(29)20(23(30)22(18)28-13-25-12-27-28)21-17-4-2-1-3-14(17)9-10-26-21/h1-8,12-13,18,21-22,26,30H,9-11H2/t18-,21-,22+/m1/s1. The van der Waals surface area contributed by atoms with E-state index in [1.54, 1.807) is 16.8 Å². The first-order valence-corrected chi connectivity index (χ1v) is 10.0. The van der Waals surface area contributed by atoms with E-state index >= 15 is 0 Å². The third-order valence-electron chi connectivity index (χ3n) is 6.06. The van der Waals surface area contributed by atoms with Crippen LogP contribution < -0.4 is 5.32 Å². The van der Waals surface area contributed by atoms with Gasteiger partial charge in [-0.15, -0.1) is 0 Å². The summed E-state index contributed by atoms with van der Waals surface area (Å²) in [5, 5.41) is 19.0. The number of aliphatic hydroxyl groups is 1. The predicted molar refractivity (Wildman–Crippen MR) is 108 cm³/mol. The molecule has 2 N–H and O–H groups in total. The van der Waals surface area contributed by atoms with E-state index in [4.69, 9.17) is 0 Å². The molecule has 0 spiro atoms. The molecular formula is C23H21FN4O2. The van der Waals surface area contributed by atoms with Crippen LogP contribution in [0, 0.1) is 5.82 Å². The van der Waals surface area contributed by atoms with Gasteiger partial charge in [-0.25, -0.2) is 14.1 Å². The maximum Gasteiger partial charge on any atom is 0.164 e. The first-order chi connectivity index (χ1) is 14.6. The monoisotopic (exact) mass is 404 g/mol. The molecule has 0 unspecified atom stereocenters. The minimum atomic E-state index is -0.596. The predicted octanol–water partition coefficient (Wildman–Crippen LogP) is 3.41. The molecule has 152 valence electrons. The number of ketones is 1. The van der Waals surface area contributed by atoms with Gasteiger partial charge in [0.15, 0.2) is 5.78 Å². The Hall–Kier alpha value is -3.32. The van der Waals surface area contributed by atoms with Crippen molar-refractivity contribution >= 4 is 5.78 Å². The number of rotatable bonds is 3. The van der Waals surface area contributed by atoms with Gasteiger partial charge in [-0.2, -0.15) is 5.10 Å². The minimum Gasteiger partial charge on any atom is -0.510 e. The average molecular weight is 404 g/mol. The van der Waals surface area contributed by atoms with Crippen molar-refractivity contribution in [3.63, 3.8) is 0 Å². The van der Waals surface area contributed by atoms with Gasteiger partial charge >= 0.3 is 0 Å². The van der Waals surface area contributed by atoms with Crippen LogP contribution in [-0.2, 0) is 11.2 Å². The second kappa shape index (κ2) is 7.50. The van der Waals surface area contributed by atoms with Crippen molar-refractivity contribution in [3.8, 4) is 0 Å². The summed E-state index contributed by atoms with van der Waals surface area (Å²) in [6, 6.07) is 13.1. The summed E-state index contributed by atoms with van der Waals surface area (Å²) < 4.78 is 15.0. The molecule has 1 aliphatic carbocycles. The molecule has 0 saturated heterocycles. The lowest BCUT2D eigenvalue weighted by Crippen LogP contribution is -2.38. The number of aromatic nitrogens is 3. The summed E-state index contributed by atoms with van der Waals surface area (Å²) in [6.45, 7) is 0.723. The van der Waals surface area contributed by atoms with Gasteiger partial charge in [-0.1, -0.05) is 36.4 Å². The van der Waals surface area contributed by atoms with Crippen LogP contribution in [0.3, 0.4) is 0 Å². The van der Waals surface area contributed by atoms with Gasteiger partial charge < -0.3 is 10.4 Å². The summed E-state index contributed by atoms with van der Waals surface area (Å²) in [6.07, 6.45) is 4.00. The zero-order valence-corrected chi connectivity index (χ0v) is 16.2. The molecule has 2 aromatic carbocycles. The lowest BCUT2D eigenvalue weighted by atomic mass is 9.75. The number of hydrogen-bond donors (Lipinski definition) is 2. The summed E-state index contributed by atoms with van der Waals surface area (Å²) in [5.41, 5.74) is 3.33. The number of benzene rings is 2. The third kappa shape index (κ3) is 3.11. The van der Waals surface area contributed by atoms with Crippen LogP contribution in [0.4, 0.5) is 4.39 Å². The Kier molecular flexibility index (Phi) is 4.67. The van der Waals surface area contributed by atoms with Crippen LogP contribution in [0.2, 0.25) is 0 Å². The number of hydrogen-bond acceptors (Lipinski definition) is 5. The second-order valence-electron chi connectivity index (χ2n) is 7.74. The molecule has 3 atom stereocenters. The van der Waals surface area contributed by atoms with E-state index in [2.05, 4.69) is 21.5 Å². The highest BCUT2D eigenvalue weighted by molar-refractivity contribution is 5.99. The number of Topliss-reactive ketones (excluding diaryl/α,β-unsaturated/α-hetero) is 1. The molecule has 1 aliphatic heterocycles. The smallest absolute Gasteiger partial charge is 0.164 e. The van der Waals surface area contributed by atoms with E-state index in [1.165, 1.54) is 30.4 Å². The molecule has 0 fully saturated rings. The Bertz CT molecular complexity index is 1110. The first kappa shape index (κ1) is 18.7. The first-order valence-electron chi connectivity index (χ1n) is 10.0. The fraction of sp³-hybridized carbons (Fsp3) is 0.261. The van der Waals surface area contributed by atoms with Crippen LogP contribution in [0.1, 0.15) is 41.1 Å². The highest BCUT2D eigenvalue weighted by atomic mass is 19.1. The van der Waals surface area contributed by atoms with E-state index in [0.29, 0.717) is 5.57 Å². The van der Waals surface area contributed by atoms with Gasteiger partial charge in [-0.05, 0) is 35.2 Å². The Balaban J connectivity index is 1.64. The van der Waals surface area contributed by atoms with Crippen LogP contribution in [0.5, 0.6) is 0 Å². The van der Waals surface area contributed by atoms with Gasteiger partial charge in [0.05, 0.1) is 11.6 Å². The average Bonchev–Trinajstić information content (AvgIpc) is 3.28. The van der Waals surface area contributed by atoms with Crippen molar-refractivity contribution in [2.24, 2.45) is 0 Å². The fourth-order valence-electron chi connectivity index (χ4n) is 4.67. The molecule has 1 aromatic heterocycles.